The third-order valence-electron chi connectivity index (χ3n) is 3.79. The van der Waals surface area contributed by atoms with Crippen LogP contribution in [0.25, 0.3) is 0 Å². The summed E-state index contributed by atoms with van der Waals surface area (Å²) in [5.74, 6) is 0.421. The number of aliphatic imine (C=N–C) groups is 1. The Kier molecular flexibility index (Phi) is 6.24. The first-order valence-corrected chi connectivity index (χ1v) is 8.08. The second-order valence-corrected chi connectivity index (χ2v) is 5.83. The molecular formula is C17H20ClN5O3. The molecule has 0 aromatic heterocycles. The molecule has 0 spiro atoms. The van der Waals surface area contributed by atoms with Crippen molar-refractivity contribution in [3.8, 4) is 5.75 Å². The number of nitro groups is 1. The van der Waals surface area contributed by atoms with E-state index in [9.17, 15) is 10.1 Å². The van der Waals surface area contributed by atoms with Crippen molar-refractivity contribution in [1.29, 1.82) is 0 Å². The van der Waals surface area contributed by atoms with Gasteiger partial charge in [0.25, 0.3) is 5.69 Å². The van der Waals surface area contributed by atoms with Crippen LogP contribution in [0.5, 0.6) is 5.75 Å². The molecule has 26 heavy (non-hydrogen) atoms. The lowest BCUT2D eigenvalue weighted by atomic mass is 10.2. The number of nitrogens with zero attached hydrogens (tertiary/aromatic N) is 3. The fraction of sp³-hybridized carbons (Fsp3) is 0.235. The van der Waals surface area contributed by atoms with Crippen molar-refractivity contribution >= 4 is 34.6 Å². The van der Waals surface area contributed by atoms with Gasteiger partial charge in [-0.1, -0.05) is 29.8 Å². The molecule has 8 nitrogen and oxygen atoms in total. The van der Waals surface area contributed by atoms with Crippen LogP contribution in [0, 0.1) is 17.0 Å². The monoisotopic (exact) mass is 377 g/mol. The molecule has 0 aliphatic carbocycles. The van der Waals surface area contributed by atoms with Gasteiger partial charge in [0.1, 0.15) is 12.4 Å². The van der Waals surface area contributed by atoms with Crippen molar-refractivity contribution in [3.05, 3.63) is 57.1 Å². The highest BCUT2D eigenvalue weighted by molar-refractivity contribution is 6.33. The van der Waals surface area contributed by atoms with Crippen LogP contribution >= 0.6 is 11.6 Å². The number of nitrogens with two attached hydrogens (primary N) is 1. The number of anilines is 2. The molecule has 9 heteroatoms. The zero-order chi connectivity index (χ0) is 19.3. The predicted octanol–water partition coefficient (Wildman–Crippen LogP) is 3.39. The topological polar surface area (TPSA) is 106 Å². The average Bonchev–Trinajstić information content (AvgIpc) is 2.62. The van der Waals surface area contributed by atoms with Crippen molar-refractivity contribution < 1.29 is 9.66 Å². The fourth-order valence-electron chi connectivity index (χ4n) is 2.44. The molecule has 0 fully saturated rings. The van der Waals surface area contributed by atoms with Crippen LogP contribution in [0.2, 0.25) is 5.02 Å². The number of hydrogen-bond donors (Lipinski definition) is 2. The molecule has 0 aliphatic heterocycles. The smallest absolute Gasteiger partial charge is 0.296 e. The van der Waals surface area contributed by atoms with Gasteiger partial charge in [0, 0.05) is 13.1 Å². The number of methoxy groups -OCH3 is 1. The Morgan fingerprint density at radius 3 is 2.69 bits per heavy atom. The van der Waals surface area contributed by atoms with Crippen LogP contribution in [-0.4, -0.2) is 31.7 Å². The normalized spacial score (nSPS) is 11.2. The summed E-state index contributed by atoms with van der Waals surface area (Å²) in [5.41, 5.74) is 7.85. The highest BCUT2D eigenvalue weighted by Gasteiger charge is 2.23. The molecule has 2 aromatic carbocycles. The molecule has 0 aliphatic rings. The number of ether oxygens (including phenoxy) is 1. The molecule has 0 atom stereocenters. The quantitative estimate of drug-likeness (QED) is 0.346. The zero-order valence-electron chi connectivity index (χ0n) is 14.7. The number of hydrogen-bond acceptors (Lipinski definition) is 5. The highest BCUT2D eigenvalue weighted by Crippen LogP contribution is 2.36. The number of halogens is 1. The van der Waals surface area contributed by atoms with Gasteiger partial charge in [-0.2, -0.15) is 0 Å². The maximum atomic E-state index is 11.3. The summed E-state index contributed by atoms with van der Waals surface area (Å²) in [6, 6.07) is 10.1. The maximum absolute atomic E-state index is 11.3. The number of benzene rings is 2. The van der Waals surface area contributed by atoms with Crippen LogP contribution in [0.1, 0.15) is 5.56 Å². The Hall–Kier alpha value is -3.00. The summed E-state index contributed by atoms with van der Waals surface area (Å²) >= 11 is 6.15. The predicted molar refractivity (Wildman–Crippen MR) is 104 cm³/mol. The standard InChI is InChI=1S/C17H20ClN5O3/c1-11-6-4-7-12(18)15(11)20-10-21-17(19)22(2)16-13(23(24)25)8-5-9-14(16)26-3/h4-9,20H,10H2,1-3H3,(H2,19,21). The first-order valence-electron chi connectivity index (χ1n) is 7.70. The summed E-state index contributed by atoms with van der Waals surface area (Å²) in [5, 5.41) is 15.0. The second-order valence-electron chi connectivity index (χ2n) is 5.43. The van der Waals surface area contributed by atoms with Gasteiger partial charge < -0.3 is 20.7 Å². The van der Waals surface area contributed by atoms with Crippen LogP contribution in [-0.2, 0) is 0 Å². The van der Waals surface area contributed by atoms with Crippen molar-refractivity contribution in [2.45, 2.75) is 6.92 Å². The van der Waals surface area contributed by atoms with Crippen molar-refractivity contribution in [2.75, 3.05) is 31.0 Å². The summed E-state index contributed by atoms with van der Waals surface area (Å²) in [6.07, 6.45) is 0. The number of nitro benzene ring substituents is 1. The van der Waals surface area contributed by atoms with Crippen molar-refractivity contribution in [3.63, 3.8) is 0 Å². The lowest BCUT2D eigenvalue weighted by Crippen LogP contribution is -2.35. The Morgan fingerprint density at radius 2 is 2.08 bits per heavy atom. The van der Waals surface area contributed by atoms with E-state index in [1.54, 1.807) is 25.2 Å². The fourth-order valence-corrected chi connectivity index (χ4v) is 2.72. The minimum Gasteiger partial charge on any atom is -0.494 e. The van der Waals surface area contributed by atoms with E-state index in [1.165, 1.54) is 18.1 Å². The molecular weight excluding hydrogens is 358 g/mol. The molecule has 0 radical (unpaired) electrons. The second kappa shape index (κ2) is 8.39. The van der Waals surface area contributed by atoms with E-state index in [-0.39, 0.29) is 24.0 Å². The minimum absolute atomic E-state index is 0.0924. The lowest BCUT2D eigenvalue weighted by molar-refractivity contribution is -0.384. The molecule has 0 amide bonds. The van der Waals surface area contributed by atoms with Gasteiger partial charge in [0.05, 0.1) is 22.7 Å². The number of guanidine groups is 1. The largest absolute Gasteiger partial charge is 0.494 e. The SMILES string of the molecule is COc1cccc([N+](=O)[O-])c1N(C)C(N)=NCNc1c(C)cccc1Cl. The Labute approximate surface area is 156 Å². The molecule has 2 aromatic rings. The number of nitrogens with one attached hydrogen (secondary N) is 1. The Morgan fingerprint density at radius 1 is 1.38 bits per heavy atom. The molecule has 2 rings (SSSR count). The van der Waals surface area contributed by atoms with E-state index in [2.05, 4.69) is 10.3 Å². The molecule has 0 saturated heterocycles. The van der Waals surface area contributed by atoms with E-state index in [1.807, 2.05) is 19.1 Å². The first-order chi connectivity index (χ1) is 12.4. The zero-order valence-corrected chi connectivity index (χ0v) is 15.4. The van der Waals surface area contributed by atoms with Crippen LogP contribution in [0.3, 0.4) is 0 Å². The van der Waals surface area contributed by atoms with E-state index in [0.717, 1.165) is 11.3 Å². The minimum atomic E-state index is -0.493. The molecule has 138 valence electrons. The van der Waals surface area contributed by atoms with Gasteiger partial charge in [-0.25, -0.2) is 4.99 Å². The van der Waals surface area contributed by atoms with Gasteiger partial charge in [-0.3, -0.25) is 10.1 Å². The van der Waals surface area contributed by atoms with Crippen molar-refractivity contribution in [2.24, 2.45) is 10.7 Å². The van der Waals surface area contributed by atoms with Crippen LogP contribution in [0.4, 0.5) is 17.1 Å². The molecule has 0 bridgehead atoms. The van der Waals surface area contributed by atoms with E-state index in [4.69, 9.17) is 22.1 Å². The molecule has 0 unspecified atom stereocenters. The number of para-hydroxylation sites is 2. The van der Waals surface area contributed by atoms with Crippen molar-refractivity contribution in [1.82, 2.24) is 0 Å². The summed E-state index contributed by atoms with van der Waals surface area (Å²) in [6.45, 7) is 2.08. The molecule has 0 saturated carbocycles. The molecule has 3 N–H and O–H groups in total. The summed E-state index contributed by atoms with van der Waals surface area (Å²) in [4.78, 5) is 16.5. The van der Waals surface area contributed by atoms with Crippen LogP contribution in [0.15, 0.2) is 41.4 Å². The van der Waals surface area contributed by atoms with Gasteiger partial charge in [0.15, 0.2) is 11.6 Å². The highest BCUT2D eigenvalue weighted by atomic mass is 35.5. The molecule has 0 heterocycles. The van der Waals surface area contributed by atoms with Crippen LogP contribution < -0.4 is 20.7 Å². The number of rotatable bonds is 6. The maximum Gasteiger partial charge on any atom is 0.296 e. The van der Waals surface area contributed by atoms with E-state index >= 15 is 0 Å². The van der Waals surface area contributed by atoms with E-state index in [0.29, 0.717) is 10.8 Å². The van der Waals surface area contributed by atoms with Gasteiger partial charge >= 0.3 is 0 Å². The third-order valence-corrected chi connectivity index (χ3v) is 4.11. The lowest BCUT2D eigenvalue weighted by Gasteiger charge is -2.20. The Bertz CT molecular complexity index is 821. The average molecular weight is 378 g/mol. The number of aryl methyl sites for hydroxylation is 1. The summed E-state index contributed by atoms with van der Waals surface area (Å²) in [7, 11) is 3.02. The Balaban J connectivity index is 2.23. The van der Waals surface area contributed by atoms with Gasteiger partial charge in [0.2, 0.25) is 0 Å². The van der Waals surface area contributed by atoms with Gasteiger partial charge in [-0.15, -0.1) is 0 Å². The summed E-state index contributed by atoms with van der Waals surface area (Å²) < 4.78 is 5.22. The van der Waals surface area contributed by atoms with E-state index < -0.39 is 4.92 Å². The van der Waals surface area contributed by atoms with Gasteiger partial charge in [-0.05, 0) is 24.6 Å². The first kappa shape index (κ1) is 19.3. The third kappa shape index (κ3) is 4.15.